The number of halogens is 1. The molecule has 0 atom stereocenters. The monoisotopic (exact) mass is 397 g/mol. The quantitative estimate of drug-likeness (QED) is 0.732. The highest BCUT2D eigenvalue weighted by Crippen LogP contribution is 2.43. The van der Waals surface area contributed by atoms with E-state index in [-0.39, 0.29) is 6.67 Å². The summed E-state index contributed by atoms with van der Waals surface area (Å²) in [6.07, 6.45) is 5.35. The molecule has 0 saturated heterocycles. The number of hydrogen-bond donors (Lipinski definition) is 0. The average Bonchev–Trinajstić information content (AvgIpc) is 3.51. The van der Waals surface area contributed by atoms with Crippen LogP contribution in [-0.4, -0.2) is 46.6 Å². The number of ether oxygens (including phenoxy) is 1. The van der Waals surface area contributed by atoms with Crippen LogP contribution in [0.3, 0.4) is 0 Å². The lowest BCUT2D eigenvalue weighted by Gasteiger charge is -2.38. The van der Waals surface area contributed by atoms with Crippen molar-refractivity contribution in [3.05, 3.63) is 47.7 Å². The van der Waals surface area contributed by atoms with Crippen molar-refractivity contribution in [2.45, 2.75) is 31.3 Å². The van der Waals surface area contributed by atoms with Gasteiger partial charge in [-0.05, 0) is 37.8 Å². The molecular formula is C19H20FN7O2. The second-order valence-corrected chi connectivity index (χ2v) is 7.61. The topological polar surface area (TPSA) is 73.5 Å². The van der Waals surface area contributed by atoms with Crippen LogP contribution in [0.1, 0.15) is 37.1 Å². The second kappa shape index (κ2) is 5.93. The predicted octanol–water partition coefficient (Wildman–Crippen LogP) is 2.70. The molecule has 4 heterocycles. The zero-order chi connectivity index (χ0) is 19.6. The first kappa shape index (κ1) is 16.8. The predicted molar refractivity (Wildman–Crippen MR) is 102 cm³/mol. The highest BCUT2D eigenvalue weighted by atomic mass is 19.2. The Bertz CT molecular complexity index is 1030. The summed E-state index contributed by atoms with van der Waals surface area (Å²) in [7, 11) is 1.69. The highest BCUT2D eigenvalue weighted by molar-refractivity contribution is 6.08. The standard InChI is InChI=1S/C19H20FN7O2/c1-28-19(8-4-5-9-19)17-22-18(29-23-17)26-11-21-16-13-6-2-3-7-14(13)25-12-24(20)10-15(25)27(16)26/h2-3,6-7,10H,4-5,8-9,11-12H2,1H3. The van der Waals surface area contributed by atoms with Crippen molar-refractivity contribution < 1.29 is 13.7 Å². The SMILES string of the molecule is COC1(c2noc(N3CN=C4c5ccccc5N5CN(F)C=C5N43)n2)CCCC1. The Balaban J connectivity index is 1.40. The van der Waals surface area contributed by atoms with Crippen LogP contribution < -0.4 is 9.91 Å². The molecule has 0 spiro atoms. The fourth-order valence-corrected chi connectivity index (χ4v) is 4.64. The summed E-state index contributed by atoms with van der Waals surface area (Å²) in [5.41, 5.74) is 1.37. The molecule has 1 aliphatic carbocycles. The molecule has 0 radical (unpaired) electrons. The maximum atomic E-state index is 14.2. The van der Waals surface area contributed by atoms with E-state index in [9.17, 15) is 4.48 Å². The van der Waals surface area contributed by atoms with Crippen molar-refractivity contribution in [1.29, 1.82) is 0 Å². The van der Waals surface area contributed by atoms with Gasteiger partial charge >= 0.3 is 6.01 Å². The van der Waals surface area contributed by atoms with Crippen LogP contribution in [0.2, 0.25) is 0 Å². The number of aliphatic imine (C=N–C) groups is 1. The van der Waals surface area contributed by atoms with E-state index in [1.165, 1.54) is 6.20 Å². The van der Waals surface area contributed by atoms with E-state index >= 15 is 0 Å². The van der Waals surface area contributed by atoms with E-state index in [4.69, 9.17) is 9.26 Å². The summed E-state index contributed by atoms with van der Waals surface area (Å²) in [5.74, 6) is 1.95. The molecule has 6 rings (SSSR count). The van der Waals surface area contributed by atoms with Crippen molar-refractivity contribution >= 4 is 17.5 Å². The van der Waals surface area contributed by atoms with Gasteiger partial charge in [-0.2, -0.15) is 10.1 Å². The average molecular weight is 397 g/mol. The van der Waals surface area contributed by atoms with Crippen molar-refractivity contribution in [1.82, 2.24) is 20.3 Å². The lowest BCUT2D eigenvalue weighted by Crippen LogP contribution is -2.49. The first-order chi connectivity index (χ1) is 14.2. The lowest BCUT2D eigenvalue weighted by molar-refractivity contribution is -0.0178. The van der Waals surface area contributed by atoms with Crippen molar-refractivity contribution in [2.24, 2.45) is 4.99 Å². The number of hydrazine groups is 1. The summed E-state index contributed by atoms with van der Waals surface area (Å²) in [6.45, 7) is 0.425. The molecule has 2 aromatic rings. The molecule has 150 valence electrons. The molecule has 4 aliphatic rings. The zero-order valence-electron chi connectivity index (χ0n) is 16.0. The Labute approximate surface area is 166 Å². The Morgan fingerprint density at radius 2 is 2.03 bits per heavy atom. The minimum absolute atomic E-state index is 0.117. The summed E-state index contributed by atoms with van der Waals surface area (Å²) in [6, 6.07) is 8.17. The van der Waals surface area contributed by atoms with Gasteiger partial charge in [-0.3, -0.25) is 0 Å². The number of amidine groups is 1. The number of aromatic nitrogens is 2. The van der Waals surface area contributed by atoms with E-state index in [1.54, 1.807) is 12.1 Å². The van der Waals surface area contributed by atoms with Gasteiger partial charge in [-0.25, -0.2) is 15.0 Å². The van der Waals surface area contributed by atoms with E-state index in [0.717, 1.165) is 42.8 Å². The lowest BCUT2D eigenvalue weighted by atomic mass is 10.0. The number of nitrogens with zero attached hydrogens (tertiary/aromatic N) is 7. The first-order valence-corrected chi connectivity index (χ1v) is 9.73. The number of benzene rings is 1. The fourth-order valence-electron chi connectivity index (χ4n) is 4.64. The minimum atomic E-state index is -0.492. The maximum Gasteiger partial charge on any atom is 0.345 e. The molecule has 29 heavy (non-hydrogen) atoms. The third-order valence-electron chi connectivity index (χ3n) is 6.10. The van der Waals surface area contributed by atoms with Gasteiger partial charge in [0, 0.05) is 12.7 Å². The normalized spacial score (nSPS) is 21.9. The second-order valence-electron chi connectivity index (χ2n) is 7.61. The fraction of sp³-hybridized carbons (Fsp3) is 0.421. The Morgan fingerprint density at radius 1 is 1.21 bits per heavy atom. The summed E-state index contributed by atoms with van der Waals surface area (Å²) in [4.78, 5) is 11.2. The van der Waals surface area contributed by atoms with Crippen LogP contribution in [0.25, 0.3) is 0 Å². The summed E-state index contributed by atoms with van der Waals surface area (Å²) in [5, 5.41) is 8.49. The largest absolute Gasteiger partial charge is 0.370 e. The molecule has 3 aliphatic heterocycles. The molecule has 10 heteroatoms. The van der Waals surface area contributed by atoms with Crippen molar-refractivity contribution in [2.75, 3.05) is 30.4 Å². The molecule has 1 saturated carbocycles. The van der Waals surface area contributed by atoms with Gasteiger partial charge in [-0.1, -0.05) is 21.8 Å². The zero-order valence-corrected chi connectivity index (χ0v) is 16.0. The third-order valence-corrected chi connectivity index (χ3v) is 6.10. The molecule has 0 N–H and O–H groups in total. The first-order valence-electron chi connectivity index (χ1n) is 9.73. The van der Waals surface area contributed by atoms with Crippen LogP contribution in [0.4, 0.5) is 16.2 Å². The van der Waals surface area contributed by atoms with E-state index in [1.807, 2.05) is 34.2 Å². The van der Waals surface area contributed by atoms with E-state index in [0.29, 0.717) is 29.5 Å². The number of rotatable bonds is 3. The van der Waals surface area contributed by atoms with Crippen molar-refractivity contribution in [3.8, 4) is 0 Å². The smallest absolute Gasteiger partial charge is 0.345 e. The van der Waals surface area contributed by atoms with E-state index in [2.05, 4.69) is 15.1 Å². The molecular weight excluding hydrogens is 377 g/mol. The van der Waals surface area contributed by atoms with Crippen LogP contribution in [0.5, 0.6) is 0 Å². The number of methoxy groups -OCH3 is 1. The molecule has 9 nitrogen and oxygen atoms in total. The number of fused-ring (bicyclic) bond motifs is 6. The number of anilines is 2. The highest BCUT2D eigenvalue weighted by Gasteiger charge is 2.45. The maximum absolute atomic E-state index is 14.2. The van der Waals surface area contributed by atoms with Gasteiger partial charge in [-0.15, -0.1) is 0 Å². The molecule has 1 aromatic heterocycles. The van der Waals surface area contributed by atoms with Gasteiger partial charge < -0.3 is 14.2 Å². The van der Waals surface area contributed by atoms with Gasteiger partial charge in [0.15, 0.2) is 11.7 Å². The Kier molecular flexibility index (Phi) is 3.43. The van der Waals surface area contributed by atoms with Crippen LogP contribution >= 0.6 is 0 Å². The molecule has 0 bridgehead atoms. The molecule has 0 unspecified atom stereocenters. The third kappa shape index (κ3) is 2.26. The van der Waals surface area contributed by atoms with Crippen molar-refractivity contribution in [3.63, 3.8) is 0 Å². The molecule has 1 aromatic carbocycles. The summed E-state index contributed by atoms with van der Waals surface area (Å²) >= 11 is 0. The van der Waals surface area contributed by atoms with Gasteiger partial charge in [0.2, 0.25) is 5.82 Å². The molecule has 1 fully saturated rings. The van der Waals surface area contributed by atoms with E-state index < -0.39 is 5.60 Å². The summed E-state index contributed by atoms with van der Waals surface area (Å²) < 4.78 is 25.6. The van der Waals surface area contributed by atoms with Crippen LogP contribution in [0, 0.1) is 0 Å². The Hall–Kier alpha value is -3.14. The van der Waals surface area contributed by atoms with Gasteiger partial charge in [0.05, 0.1) is 11.9 Å². The van der Waals surface area contributed by atoms with Gasteiger partial charge in [0.25, 0.3) is 0 Å². The number of hydrogen-bond acceptors (Lipinski definition) is 9. The minimum Gasteiger partial charge on any atom is -0.370 e. The Morgan fingerprint density at radius 3 is 2.86 bits per heavy atom. The van der Waals surface area contributed by atoms with Crippen LogP contribution in [0.15, 0.2) is 45.8 Å². The molecule has 0 amide bonds. The van der Waals surface area contributed by atoms with Gasteiger partial charge in [0.1, 0.15) is 18.9 Å². The number of para-hydroxylation sites is 1. The van der Waals surface area contributed by atoms with Crippen LogP contribution in [-0.2, 0) is 10.3 Å².